The average molecular weight is 570 g/mol. The molecule has 0 radical (unpaired) electrons. The number of nitrogens with zero attached hydrogens (tertiary/aromatic N) is 5. The molecule has 2 N–H and O–H groups in total. The summed E-state index contributed by atoms with van der Waals surface area (Å²) >= 11 is 1.73. The quantitative estimate of drug-likeness (QED) is 0.246. The zero-order valence-corrected chi connectivity index (χ0v) is 25.0. The van der Waals surface area contributed by atoms with Crippen LogP contribution in [0.1, 0.15) is 12.8 Å². The lowest BCUT2D eigenvalue weighted by molar-refractivity contribution is 0.0982. The van der Waals surface area contributed by atoms with Crippen LogP contribution in [0.3, 0.4) is 0 Å². The monoisotopic (exact) mass is 569 g/mol. The smallest absolute Gasteiger partial charge is 0.229 e. The van der Waals surface area contributed by atoms with Gasteiger partial charge in [-0.3, -0.25) is 4.90 Å². The molecule has 3 heterocycles. The van der Waals surface area contributed by atoms with Crippen LogP contribution in [0.5, 0.6) is 5.75 Å². The number of anilines is 5. The van der Waals surface area contributed by atoms with Crippen molar-refractivity contribution in [1.82, 2.24) is 19.8 Å². The van der Waals surface area contributed by atoms with Crippen LogP contribution in [0.2, 0.25) is 0 Å². The fourth-order valence-corrected chi connectivity index (χ4v) is 6.22. The van der Waals surface area contributed by atoms with Gasteiger partial charge in [-0.25, -0.2) is 4.98 Å². The van der Waals surface area contributed by atoms with Crippen molar-refractivity contribution in [1.29, 1.82) is 0 Å². The summed E-state index contributed by atoms with van der Waals surface area (Å²) in [6, 6.07) is 23.5. The number of likely N-dealkylation sites (N-methyl/N-ethyl adjacent to an activating group) is 1. The summed E-state index contributed by atoms with van der Waals surface area (Å²) in [5, 5.41) is 7.88. The molecule has 0 unspecified atom stereocenters. The second kappa shape index (κ2) is 12.5. The zero-order chi connectivity index (χ0) is 28.2. The maximum absolute atomic E-state index is 5.84. The van der Waals surface area contributed by atoms with Gasteiger partial charge >= 0.3 is 0 Å². The number of piperidine rings is 1. The predicted octanol–water partition coefficient (Wildman–Crippen LogP) is 6.06. The SMILES string of the molecule is COc1cc(N2CCC(N3CCN(C)CC3)CC2)ccc1Nc1nc(Nc2ccc(SC)cc2)c2ccccc2n1. The van der Waals surface area contributed by atoms with Crippen molar-refractivity contribution < 1.29 is 4.74 Å². The van der Waals surface area contributed by atoms with Gasteiger partial charge in [0.05, 0.1) is 18.3 Å². The molecule has 0 aliphatic carbocycles. The van der Waals surface area contributed by atoms with E-state index in [0.717, 1.165) is 46.9 Å². The van der Waals surface area contributed by atoms with Gasteiger partial charge in [-0.05, 0) is 74.7 Å². The normalized spacial score (nSPS) is 17.1. The van der Waals surface area contributed by atoms with E-state index >= 15 is 0 Å². The Labute approximate surface area is 247 Å². The third-order valence-electron chi connectivity index (χ3n) is 8.27. The van der Waals surface area contributed by atoms with Crippen LogP contribution in [0.25, 0.3) is 10.9 Å². The average Bonchev–Trinajstić information content (AvgIpc) is 3.02. The summed E-state index contributed by atoms with van der Waals surface area (Å²) < 4.78 is 5.84. The van der Waals surface area contributed by atoms with Gasteiger partial charge in [0.1, 0.15) is 11.6 Å². The lowest BCUT2D eigenvalue weighted by Gasteiger charge is -2.42. The Kier molecular flexibility index (Phi) is 8.46. The third-order valence-corrected chi connectivity index (χ3v) is 9.02. The first-order chi connectivity index (χ1) is 20.1. The van der Waals surface area contributed by atoms with Crippen LogP contribution in [0, 0.1) is 0 Å². The Morgan fingerprint density at radius 1 is 0.854 bits per heavy atom. The minimum absolute atomic E-state index is 0.519. The molecule has 0 amide bonds. The second-order valence-corrected chi connectivity index (χ2v) is 11.7. The third kappa shape index (κ3) is 6.37. The fourth-order valence-electron chi connectivity index (χ4n) is 5.82. The summed E-state index contributed by atoms with van der Waals surface area (Å²) in [6.45, 7) is 6.86. The van der Waals surface area contributed by atoms with E-state index < -0.39 is 0 Å². The Balaban J connectivity index is 1.18. The van der Waals surface area contributed by atoms with Crippen LogP contribution in [-0.2, 0) is 0 Å². The molecule has 6 rings (SSSR count). The molecule has 2 aliphatic heterocycles. The number of para-hydroxylation sites is 1. The number of thioether (sulfide) groups is 1. The highest BCUT2D eigenvalue weighted by Gasteiger charge is 2.27. The lowest BCUT2D eigenvalue weighted by Crippen LogP contribution is -2.52. The van der Waals surface area contributed by atoms with Gasteiger partial charge in [0.15, 0.2) is 0 Å². The summed E-state index contributed by atoms with van der Waals surface area (Å²) in [4.78, 5) is 18.5. The molecule has 2 aliphatic rings. The Bertz CT molecular complexity index is 1470. The minimum atomic E-state index is 0.519. The Hall–Kier alpha value is -3.53. The molecule has 0 saturated carbocycles. The predicted molar refractivity (Wildman–Crippen MR) is 172 cm³/mol. The highest BCUT2D eigenvalue weighted by Crippen LogP contribution is 2.34. The van der Waals surface area contributed by atoms with Crippen molar-refractivity contribution >= 4 is 51.5 Å². The van der Waals surface area contributed by atoms with Crippen LogP contribution in [-0.4, -0.2) is 85.5 Å². The number of methoxy groups -OCH3 is 1. The molecule has 214 valence electrons. The number of benzene rings is 3. The number of nitrogens with one attached hydrogen (secondary N) is 2. The molecule has 0 atom stereocenters. The van der Waals surface area contributed by atoms with Crippen molar-refractivity contribution in [2.75, 3.05) is 75.2 Å². The van der Waals surface area contributed by atoms with Gasteiger partial charge in [0.25, 0.3) is 0 Å². The molecule has 0 bridgehead atoms. The number of ether oxygens (including phenoxy) is 1. The van der Waals surface area contributed by atoms with E-state index in [1.165, 1.54) is 49.6 Å². The number of rotatable bonds is 8. The highest BCUT2D eigenvalue weighted by molar-refractivity contribution is 7.98. The van der Waals surface area contributed by atoms with Gasteiger partial charge in [-0.2, -0.15) is 4.98 Å². The van der Waals surface area contributed by atoms with Crippen LogP contribution < -0.4 is 20.3 Å². The topological polar surface area (TPSA) is 68.8 Å². The number of aromatic nitrogens is 2. The van der Waals surface area contributed by atoms with Crippen molar-refractivity contribution in [3.05, 3.63) is 66.7 Å². The van der Waals surface area contributed by atoms with E-state index in [-0.39, 0.29) is 0 Å². The van der Waals surface area contributed by atoms with E-state index in [2.05, 4.69) is 81.1 Å². The lowest BCUT2D eigenvalue weighted by atomic mass is 10.0. The zero-order valence-electron chi connectivity index (χ0n) is 24.1. The van der Waals surface area contributed by atoms with Gasteiger partial charge in [-0.15, -0.1) is 11.8 Å². The summed E-state index contributed by atoms with van der Waals surface area (Å²) in [6.07, 6.45) is 4.48. The first-order valence-corrected chi connectivity index (χ1v) is 15.6. The molecular formula is C32H39N7OS. The van der Waals surface area contributed by atoms with Crippen LogP contribution in [0.4, 0.5) is 28.8 Å². The maximum Gasteiger partial charge on any atom is 0.229 e. The first-order valence-electron chi connectivity index (χ1n) is 14.4. The summed E-state index contributed by atoms with van der Waals surface area (Å²) in [5.74, 6) is 2.06. The number of fused-ring (bicyclic) bond motifs is 1. The largest absolute Gasteiger partial charge is 0.494 e. The van der Waals surface area contributed by atoms with E-state index in [1.54, 1.807) is 18.9 Å². The molecule has 2 saturated heterocycles. The number of piperazine rings is 1. The number of hydrogen-bond donors (Lipinski definition) is 2. The summed E-state index contributed by atoms with van der Waals surface area (Å²) in [5.41, 5.74) is 3.89. The summed E-state index contributed by atoms with van der Waals surface area (Å²) in [7, 11) is 3.94. The standard InChI is InChI=1S/C32H39N7OS/c1-37-18-20-39(21-19-37)24-14-16-38(17-15-24)25-10-13-29(30(22-25)40-2)35-32-34-28-7-5-4-6-27(28)31(36-32)33-23-8-11-26(41-3)12-9-23/h4-13,22,24H,14-21H2,1-3H3,(H2,33,34,35,36). The maximum atomic E-state index is 5.84. The van der Waals surface area contributed by atoms with Crippen molar-refractivity contribution in [3.63, 3.8) is 0 Å². The van der Waals surface area contributed by atoms with Crippen molar-refractivity contribution in [3.8, 4) is 5.75 Å². The Morgan fingerprint density at radius 2 is 1.61 bits per heavy atom. The molecule has 2 fully saturated rings. The molecule has 0 spiro atoms. The molecule has 41 heavy (non-hydrogen) atoms. The van der Waals surface area contributed by atoms with Crippen LogP contribution >= 0.6 is 11.8 Å². The van der Waals surface area contributed by atoms with Gasteiger partial charge < -0.3 is 25.2 Å². The van der Waals surface area contributed by atoms with E-state index in [4.69, 9.17) is 14.7 Å². The van der Waals surface area contributed by atoms with E-state index in [9.17, 15) is 0 Å². The number of hydrogen-bond acceptors (Lipinski definition) is 9. The van der Waals surface area contributed by atoms with E-state index in [1.807, 2.05) is 24.3 Å². The van der Waals surface area contributed by atoms with Crippen molar-refractivity contribution in [2.45, 2.75) is 23.8 Å². The minimum Gasteiger partial charge on any atom is -0.494 e. The van der Waals surface area contributed by atoms with Crippen molar-refractivity contribution in [2.24, 2.45) is 0 Å². The first kappa shape index (κ1) is 27.6. The highest BCUT2D eigenvalue weighted by atomic mass is 32.2. The molecule has 1 aromatic heterocycles. The Morgan fingerprint density at radius 3 is 2.34 bits per heavy atom. The van der Waals surface area contributed by atoms with Gasteiger partial charge in [0.2, 0.25) is 5.95 Å². The fraction of sp³-hybridized carbons (Fsp3) is 0.375. The second-order valence-electron chi connectivity index (χ2n) is 10.8. The molecule has 8 nitrogen and oxygen atoms in total. The van der Waals surface area contributed by atoms with Gasteiger partial charge in [0, 0.05) is 73.0 Å². The molecule has 9 heteroatoms. The van der Waals surface area contributed by atoms with E-state index in [0.29, 0.717) is 12.0 Å². The van der Waals surface area contributed by atoms with Crippen LogP contribution in [0.15, 0.2) is 71.6 Å². The molecule has 3 aromatic carbocycles. The molecule has 4 aromatic rings. The van der Waals surface area contributed by atoms with Gasteiger partial charge in [-0.1, -0.05) is 12.1 Å². The molecular weight excluding hydrogens is 530 g/mol.